The van der Waals surface area contributed by atoms with Crippen molar-refractivity contribution in [3.05, 3.63) is 59.7 Å². The topological polar surface area (TPSA) is 61.9 Å². The van der Waals surface area contributed by atoms with E-state index in [0.29, 0.717) is 12.1 Å². The molecule has 6 heteroatoms. The molecule has 0 radical (unpaired) electrons. The molecule has 0 aliphatic heterocycles. The van der Waals surface area contributed by atoms with E-state index in [-0.39, 0.29) is 18.1 Å². The van der Waals surface area contributed by atoms with E-state index in [9.17, 15) is 9.59 Å². The molecule has 3 rings (SSSR count). The van der Waals surface area contributed by atoms with Crippen molar-refractivity contribution in [3.63, 3.8) is 0 Å². The normalized spacial score (nSPS) is 15.4. The summed E-state index contributed by atoms with van der Waals surface area (Å²) >= 11 is 0. The molecule has 0 saturated heterocycles. The summed E-state index contributed by atoms with van der Waals surface area (Å²) in [4.78, 5) is 29.9. The molecule has 0 spiro atoms. The van der Waals surface area contributed by atoms with Gasteiger partial charge in [0.2, 0.25) is 0 Å². The number of aryl methyl sites for hydroxylation is 1. The number of hydrogen-bond donors (Lipinski definition) is 1. The van der Waals surface area contributed by atoms with Crippen LogP contribution in [0, 0.1) is 5.41 Å². The number of benzene rings is 2. The highest BCUT2D eigenvalue weighted by atomic mass is 16.6. The second-order valence-corrected chi connectivity index (χ2v) is 9.80. The predicted molar refractivity (Wildman–Crippen MR) is 134 cm³/mol. The number of amides is 3. The minimum Gasteiger partial charge on any atom is -0.449 e. The summed E-state index contributed by atoms with van der Waals surface area (Å²) in [5.41, 5.74) is 4.03. The molecular formula is C27H37N3O3. The van der Waals surface area contributed by atoms with Crippen molar-refractivity contribution in [1.82, 2.24) is 4.90 Å². The monoisotopic (exact) mass is 451 g/mol. The van der Waals surface area contributed by atoms with Gasteiger partial charge in [-0.05, 0) is 73.9 Å². The lowest BCUT2D eigenvalue weighted by atomic mass is 9.88. The highest BCUT2D eigenvalue weighted by Gasteiger charge is 2.34. The van der Waals surface area contributed by atoms with E-state index in [0.717, 1.165) is 31.6 Å². The molecule has 33 heavy (non-hydrogen) atoms. The van der Waals surface area contributed by atoms with Crippen LogP contribution in [0.4, 0.5) is 21.0 Å². The Bertz CT molecular complexity index is 946. The Morgan fingerprint density at radius 2 is 1.64 bits per heavy atom. The van der Waals surface area contributed by atoms with Gasteiger partial charge in [0.1, 0.15) is 0 Å². The SMILES string of the molecule is CCN(CC)c1ccc(NC(=O)N(C(=O)OCC(C)(C)C)C2CCc3ccccc3C2)cc1. The second kappa shape index (κ2) is 10.7. The Hall–Kier alpha value is -3.02. The van der Waals surface area contributed by atoms with E-state index in [1.54, 1.807) is 0 Å². The van der Waals surface area contributed by atoms with Crippen LogP contribution in [0.15, 0.2) is 48.5 Å². The average Bonchev–Trinajstić information content (AvgIpc) is 2.79. The number of imide groups is 1. The zero-order valence-electron chi connectivity index (χ0n) is 20.6. The number of fused-ring (bicyclic) bond motifs is 1. The number of hydrogen-bond acceptors (Lipinski definition) is 4. The summed E-state index contributed by atoms with van der Waals surface area (Å²) in [7, 11) is 0. The zero-order chi connectivity index (χ0) is 24.0. The Labute approximate surface area is 197 Å². The van der Waals surface area contributed by atoms with Gasteiger partial charge < -0.3 is 15.0 Å². The lowest BCUT2D eigenvalue weighted by Gasteiger charge is -2.33. The molecule has 2 aromatic carbocycles. The largest absolute Gasteiger partial charge is 0.449 e. The number of nitrogens with one attached hydrogen (secondary N) is 1. The van der Waals surface area contributed by atoms with Crippen LogP contribution in [0.1, 0.15) is 52.2 Å². The fourth-order valence-electron chi connectivity index (χ4n) is 4.17. The Morgan fingerprint density at radius 1 is 1.00 bits per heavy atom. The first-order valence-electron chi connectivity index (χ1n) is 11.9. The quantitative estimate of drug-likeness (QED) is 0.576. The molecular weight excluding hydrogens is 414 g/mol. The van der Waals surface area contributed by atoms with Crippen molar-refractivity contribution in [2.45, 2.75) is 59.9 Å². The van der Waals surface area contributed by atoms with Crippen molar-refractivity contribution in [1.29, 1.82) is 0 Å². The third-order valence-corrected chi connectivity index (χ3v) is 5.98. The smallest absolute Gasteiger partial charge is 0.418 e. The highest BCUT2D eigenvalue weighted by Crippen LogP contribution is 2.27. The highest BCUT2D eigenvalue weighted by molar-refractivity contribution is 5.99. The second-order valence-electron chi connectivity index (χ2n) is 9.80. The molecule has 0 fully saturated rings. The van der Waals surface area contributed by atoms with E-state index in [2.05, 4.69) is 36.2 Å². The molecule has 1 aliphatic carbocycles. The van der Waals surface area contributed by atoms with E-state index in [1.165, 1.54) is 16.0 Å². The summed E-state index contributed by atoms with van der Waals surface area (Å²) in [6.07, 6.45) is 1.59. The number of rotatable bonds is 6. The number of nitrogens with zero attached hydrogens (tertiary/aromatic N) is 2. The van der Waals surface area contributed by atoms with Gasteiger partial charge in [0.25, 0.3) is 0 Å². The fourth-order valence-corrected chi connectivity index (χ4v) is 4.17. The number of anilines is 2. The van der Waals surface area contributed by atoms with Crippen molar-refractivity contribution >= 4 is 23.5 Å². The summed E-state index contributed by atoms with van der Waals surface area (Å²) < 4.78 is 5.57. The predicted octanol–water partition coefficient (Wildman–Crippen LogP) is 6.11. The average molecular weight is 452 g/mol. The minimum absolute atomic E-state index is 0.183. The van der Waals surface area contributed by atoms with Crippen LogP contribution in [0.3, 0.4) is 0 Å². The van der Waals surface area contributed by atoms with Gasteiger partial charge in [0.05, 0.1) is 6.61 Å². The molecule has 1 atom stereocenters. The van der Waals surface area contributed by atoms with E-state index in [4.69, 9.17) is 4.74 Å². The standard InChI is InChI=1S/C27H37N3O3/c1-6-29(7-2)23-16-13-22(14-17-23)28-25(31)30(26(32)33-19-27(3,4)5)24-15-12-20-10-8-9-11-21(20)18-24/h8-11,13-14,16-17,24H,6-7,12,15,18-19H2,1-5H3,(H,28,31). The van der Waals surface area contributed by atoms with E-state index >= 15 is 0 Å². The van der Waals surface area contributed by atoms with Crippen LogP contribution in [0.5, 0.6) is 0 Å². The number of urea groups is 1. The van der Waals surface area contributed by atoms with Crippen LogP contribution in [0.2, 0.25) is 0 Å². The lowest BCUT2D eigenvalue weighted by Crippen LogP contribution is -2.49. The van der Waals surface area contributed by atoms with Crippen LogP contribution in [0.25, 0.3) is 0 Å². The van der Waals surface area contributed by atoms with Crippen molar-refractivity contribution in [2.24, 2.45) is 5.41 Å². The summed E-state index contributed by atoms with van der Waals surface area (Å²) in [6.45, 7) is 12.3. The van der Waals surface area contributed by atoms with E-state index < -0.39 is 12.1 Å². The first-order valence-corrected chi connectivity index (χ1v) is 11.9. The van der Waals surface area contributed by atoms with Gasteiger partial charge in [-0.3, -0.25) is 0 Å². The molecule has 2 aromatic rings. The third-order valence-electron chi connectivity index (χ3n) is 5.98. The molecule has 0 saturated carbocycles. The molecule has 0 aromatic heterocycles. The van der Waals surface area contributed by atoms with Crippen molar-refractivity contribution in [3.8, 4) is 0 Å². The Balaban J connectivity index is 1.78. The van der Waals surface area contributed by atoms with Crippen LogP contribution in [-0.2, 0) is 17.6 Å². The Kier molecular flexibility index (Phi) is 8.01. The van der Waals surface area contributed by atoms with Crippen LogP contribution < -0.4 is 10.2 Å². The number of ether oxygens (including phenoxy) is 1. The molecule has 1 aliphatic rings. The first-order chi connectivity index (χ1) is 15.7. The minimum atomic E-state index is -0.591. The van der Waals surface area contributed by atoms with Gasteiger partial charge in [-0.2, -0.15) is 0 Å². The maximum Gasteiger partial charge on any atom is 0.418 e. The van der Waals surface area contributed by atoms with Gasteiger partial charge in [-0.15, -0.1) is 0 Å². The van der Waals surface area contributed by atoms with Crippen LogP contribution in [-0.4, -0.2) is 42.8 Å². The van der Waals surface area contributed by atoms with Gasteiger partial charge in [-0.25, -0.2) is 14.5 Å². The van der Waals surface area contributed by atoms with Crippen molar-refractivity contribution < 1.29 is 14.3 Å². The molecule has 1 unspecified atom stereocenters. The fraction of sp³-hybridized carbons (Fsp3) is 0.481. The maximum absolute atomic E-state index is 13.3. The summed E-state index contributed by atoms with van der Waals surface area (Å²) in [5, 5.41) is 2.91. The van der Waals surface area contributed by atoms with E-state index in [1.807, 2.05) is 57.2 Å². The molecule has 178 valence electrons. The van der Waals surface area contributed by atoms with Crippen LogP contribution >= 0.6 is 0 Å². The van der Waals surface area contributed by atoms with Gasteiger partial charge >= 0.3 is 12.1 Å². The summed E-state index contributed by atoms with van der Waals surface area (Å²) in [6, 6.07) is 15.3. The zero-order valence-corrected chi connectivity index (χ0v) is 20.6. The number of carbonyl (C=O) groups excluding carboxylic acids is 2. The van der Waals surface area contributed by atoms with Gasteiger partial charge in [0, 0.05) is 30.5 Å². The van der Waals surface area contributed by atoms with Gasteiger partial charge in [-0.1, -0.05) is 45.0 Å². The molecule has 1 N–H and O–H groups in total. The number of carbonyl (C=O) groups is 2. The molecule has 0 heterocycles. The molecule has 0 bridgehead atoms. The van der Waals surface area contributed by atoms with Gasteiger partial charge in [0.15, 0.2) is 0 Å². The summed E-state index contributed by atoms with van der Waals surface area (Å²) in [5.74, 6) is 0. The maximum atomic E-state index is 13.3. The molecule has 3 amide bonds. The Morgan fingerprint density at radius 3 is 2.24 bits per heavy atom. The lowest BCUT2D eigenvalue weighted by molar-refractivity contribution is 0.0703. The van der Waals surface area contributed by atoms with Crippen molar-refractivity contribution in [2.75, 3.05) is 29.9 Å². The first kappa shape index (κ1) is 24.6. The molecule has 6 nitrogen and oxygen atoms in total. The third kappa shape index (κ3) is 6.50.